The first-order chi connectivity index (χ1) is 14.7. The highest BCUT2D eigenvalue weighted by Crippen LogP contribution is 2.38. The van der Waals surface area contributed by atoms with E-state index in [0.717, 1.165) is 0 Å². The van der Waals surface area contributed by atoms with Gasteiger partial charge in [0.2, 0.25) is 0 Å². The molecule has 1 amide bonds. The minimum atomic E-state index is -0.481. The van der Waals surface area contributed by atoms with Crippen molar-refractivity contribution in [3.05, 3.63) is 68.2 Å². The number of nitrogens with one attached hydrogen (secondary N) is 1. The molecule has 2 rings (SSSR count). The summed E-state index contributed by atoms with van der Waals surface area (Å²) in [6.45, 7) is 5.86. The van der Waals surface area contributed by atoms with E-state index in [4.69, 9.17) is 21.1 Å². The highest BCUT2D eigenvalue weighted by molar-refractivity contribution is 6.32. The van der Waals surface area contributed by atoms with Crippen molar-refractivity contribution in [1.82, 2.24) is 5.32 Å². The van der Waals surface area contributed by atoms with Crippen molar-refractivity contribution in [3.63, 3.8) is 0 Å². The average molecular weight is 444 g/mol. The van der Waals surface area contributed by atoms with E-state index in [1.807, 2.05) is 6.07 Å². The van der Waals surface area contributed by atoms with Gasteiger partial charge in [0.15, 0.2) is 11.5 Å². The van der Waals surface area contributed by atoms with Crippen molar-refractivity contribution in [2.75, 3.05) is 6.61 Å². The third kappa shape index (κ3) is 6.73. The van der Waals surface area contributed by atoms with Crippen molar-refractivity contribution in [2.24, 2.45) is 0 Å². The average Bonchev–Trinajstić information content (AvgIpc) is 2.71. The number of nitro groups is 1. The molecule has 0 bridgehead atoms. The van der Waals surface area contributed by atoms with E-state index < -0.39 is 10.8 Å². The minimum Gasteiger partial charge on any atom is -0.490 e. The SMILES string of the molecule is CCOc1cc(/C=C(/C#N)C(=O)NC(C)C)cc(Cl)c1OCc1ccc([N+](=O)[O-])cc1. The maximum atomic E-state index is 12.1. The highest BCUT2D eigenvalue weighted by atomic mass is 35.5. The van der Waals surface area contributed by atoms with Crippen molar-refractivity contribution < 1.29 is 19.2 Å². The van der Waals surface area contributed by atoms with Gasteiger partial charge in [-0.05, 0) is 62.2 Å². The maximum Gasteiger partial charge on any atom is 0.269 e. The molecule has 0 aromatic heterocycles. The first kappa shape index (κ1) is 23.7. The van der Waals surface area contributed by atoms with Crippen LogP contribution >= 0.6 is 11.6 Å². The van der Waals surface area contributed by atoms with Crippen molar-refractivity contribution in [2.45, 2.75) is 33.4 Å². The Morgan fingerprint density at radius 1 is 1.29 bits per heavy atom. The van der Waals surface area contributed by atoms with Crippen LogP contribution in [0.15, 0.2) is 42.0 Å². The third-order valence-electron chi connectivity index (χ3n) is 3.96. The molecule has 2 aromatic carbocycles. The van der Waals surface area contributed by atoms with Crippen LogP contribution in [0.1, 0.15) is 31.9 Å². The van der Waals surface area contributed by atoms with Crippen LogP contribution in [0.5, 0.6) is 11.5 Å². The molecule has 0 atom stereocenters. The summed E-state index contributed by atoms with van der Waals surface area (Å²) in [7, 11) is 0. The topological polar surface area (TPSA) is 114 Å². The van der Waals surface area contributed by atoms with Gasteiger partial charge >= 0.3 is 0 Å². The number of amides is 1. The summed E-state index contributed by atoms with van der Waals surface area (Å²) in [6.07, 6.45) is 1.42. The Morgan fingerprint density at radius 3 is 2.52 bits per heavy atom. The zero-order valence-electron chi connectivity index (χ0n) is 17.3. The van der Waals surface area contributed by atoms with Crippen LogP contribution in [0.25, 0.3) is 6.08 Å². The predicted octanol–water partition coefficient (Wildman–Crippen LogP) is 4.66. The molecule has 2 aromatic rings. The van der Waals surface area contributed by atoms with Crippen molar-refractivity contribution in [3.8, 4) is 17.6 Å². The number of rotatable bonds is 9. The third-order valence-corrected chi connectivity index (χ3v) is 4.24. The predicted molar refractivity (Wildman–Crippen MR) is 117 cm³/mol. The smallest absolute Gasteiger partial charge is 0.269 e. The fraction of sp³-hybridized carbons (Fsp3) is 0.273. The van der Waals surface area contributed by atoms with Gasteiger partial charge in [-0.1, -0.05) is 11.6 Å². The van der Waals surface area contributed by atoms with Crippen LogP contribution in [0.2, 0.25) is 5.02 Å². The lowest BCUT2D eigenvalue weighted by atomic mass is 10.1. The Labute approximate surface area is 185 Å². The molecule has 0 aliphatic heterocycles. The first-order valence-electron chi connectivity index (χ1n) is 9.50. The first-order valence-corrected chi connectivity index (χ1v) is 9.88. The van der Waals surface area contributed by atoms with Crippen LogP contribution in [-0.4, -0.2) is 23.5 Å². The number of halogens is 1. The van der Waals surface area contributed by atoms with Crippen LogP contribution in [0.3, 0.4) is 0 Å². The van der Waals surface area contributed by atoms with Gasteiger partial charge in [-0.25, -0.2) is 0 Å². The van der Waals surface area contributed by atoms with Crippen LogP contribution in [-0.2, 0) is 11.4 Å². The highest BCUT2D eigenvalue weighted by Gasteiger charge is 2.15. The monoisotopic (exact) mass is 443 g/mol. The lowest BCUT2D eigenvalue weighted by Gasteiger charge is -2.15. The summed E-state index contributed by atoms with van der Waals surface area (Å²) >= 11 is 6.39. The number of ether oxygens (including phenoxy) is 2. The summed E-state index contributed by atoms with van der Waals surface area (Å²) in [5, 5.41) is 23.0. The largest absolute Gasteiger partial charge is 0.490 e. The number of nitriles is 1. The molecule has 31 heavy (non-hydrogen) atoms. The molecule has 0 aliphatic rings. The van der Waals surface area contributed by atoms with E-state index in [1.54, 1.807) is 45.0 Å². The summed E-state index contributed by atoms with van der Waals surface area (Å²) in [6, 6.07) is 10.9. The molecule has 0 spiro atoms. The molecule has 0 aliphatic carbocycles. The standard InChI is InChI=1S/C22H22ClN3O5/c1-4-30-20-11-16(9-17(12-24)22(27)25-14(2)3)10-19(23)21(20)31-13-15-5-7-18(8-6-15)26(28)29/h5-11,14H,4,13H2,1-3H3,(H,25,27)/b17-9-. The van der Waals surface area contributed by atoms with Gasteiger partial charge < -0.3 is 14.8 Å². The summed E-state index contributed by atoms with van der Waals surface area (Å²) < 4.78 is 11.4. The second-order valence-corrected chi connectivity index (χ2v) is 7.18. The molecule has 0 fully saturated rings. The molecule has 9 heteroatoms. The molecule has 1 N–H and O–H groups in total. The van der Waals surface area contributed by atoms with E-state index in [1.165, 1.54) is 18.2 Å². The maximum absolute atomic E-state index is 12.1. The van der Waals surface area contributed by atoms with Crippen molar-refractivity contribution >= 4 is 29.3 Å². The van der Waals surface area contributed by atoms with Gasteiger partial charge in [0.1, 0.15) is 18.2 Å². The van der Waals surface area contributed by atoms with Gasteiger partial charge in [0.25, 0.3) is 11.6 Å². The van der Waals surface area contributed by atoms with E-state index in [0.29, 0.717) is 29.2 Å². The number of carbonyl (C=O) groups excluding carboxylic acids is 1. The van der Waals surface area contributed by atoms with Gasteiger partial charge in [-0.2, -0.15) is 5.26 Å². The number of benzene rings is 2. The van der Waals surface area contributed by atoms with E-state index in [9.17, 15) is 20.2 Å². The van der Waals surface area contributed by atoms with Gasteiger partial charge in [-0.3, -0.25) is 14.9 Å². The zero-order valence-corrected chi connectivity index (χ0v) is 18.1. The molecular formula is C22H22ClN3O5. The molecule has 0 saturated carbocycles. The van der Waals surface area contributed by atoms with Gasteiger partial charge in [-0.15, -0.1) is 0 Å². The zero-order chi connectivity index (χ0) is 23.0. The number of carbonyl (C=O) groups is 1. The summed E-state index contributed by atoms with van der Waals surface area (Å²) in [4.78, 5) is 22.4. The van der Waals surface area contributed by atoms with Crippen molar-refractivity contribution in [1.29, 1.82) is 5.26 Å². The molecular weight excluding hydrogens is 422 g/mol. The summed E-state index contributed by atoms with van der Waals surface area (Å²) in [5.74, 6) is 0.166. The van der Waals surface area contributed by atoms with E-state index in [2.05, 4.69) is 5.32 Å². The fourth-order valence-corrected chi connectivity index (χ4v) is 2.87. The summed E-state index contributed by atoms with van der Waals surface area (Å²) in [5.41, 5.74) is 1.14. The second-order valence-electron chi connectivity index (χ2n) is 6.77. The normalized spacial score (nSPS) is 11.0. The Morgan fingerprint density at radius 2 is 1.97 bits per heavy atom. The van der Waals surface area contributed by atoms with Gasteiger partial charge in [0.05, 0.1) is 16.6 Å². The van der Waals surface area contributed by atoms with Gasteiger partial charge in [0, 0.05) is 18.2 Å². The number of hydrogen-bond donors (Lipinski definition) is 1. The lowest BCUT2D eigenvalue weighted by Crippen LogP contribution is -2.30. The lowest BCUT2D eigenvalue weighted by molar-refractivity contribution is -0.384. The molecule has 0 unspecified atom stereocenters. The van der Waals surface area contributed by atoms with E-state index in [-0.39, 0.29) is 28.9 Å². The molecule has 0 saturated heterocycles. The Kier molecular flexibility index (Phi) is 8.41. The Bertz CT molecular complexity index is 1030. The second kappa shape index (κ2) is 11.0. The Balaban J connectivity index is 2.29. The van der Waals surface area contributed by atoms with Crippen LogP contribution in [0, 0.1) is 21.4 Å². The van der Waals surface area contributed by atoms with E-state index >= 15 is 0 Å². The molecule has 162 valence electrons. The molecule has 8 nitrogen and oxygen atoms in total. The van der Waals surface area contributed by atoms with Crippen LogP contribution in [0.4, 0.5) is 5.69 Å². The fourth-order valence-electron chi connectivity index (χ4n) is 2.60. The minimum absolute atomic E-state index is 0.0114. The Hall–Kier alpha value is -3.57. The number of nitrogens with zero attached hydrogens (tertiary/aromatic N) is 2. The molecule has 0 heterocycles. The number of nitro benzene ring substituents is 1. The number of non-ortho nitro benzene ring substituents is 1. The number of hydrogen-bond acceptors (Lipinski definition) is 6. The van der Waals surface area contributed by atoms with Crippen LogP contribution < -0.4 is 14.8 Å². The molecule has 0 radical (unpaired) electrons. The quantitative estimate of drug-likeness (QED) is 0.261.